The maximum atomic E-state index is 6.17. The third kappa shape index (κ3) is 3.32. The van der Waals surface area contributed by atoms with E-state index in [1.807, 2.05) is 54.6 Å². The lowest BCUT2D eigenvalue weighted by molar-refractivity contribution is 0.355. The molecule has 0 aliphatic rings. The molecule has 0 aliphatic heterocycles. The highest BCUT2D eigenvalue weighted by atomic mass is 35.5. The van der Waals surface area contributed by atoms with Crippen molar-refractivity contribution in [2.45, 2.75) is 0 Å². The van der Waals surface area contributed by atoms with Gasteiger partial charge in [0.25, 0.3) is 0 Å². The van der Waals surface area contributed by atoms with Gasteiger partial charge in [0.1, 0.15) is 6.33 Å². The van der Waals surface area contributed by atoms with Gasteiger partial charge in [-0.3, -0.25) is 0 Å². The molecule has 0 aliphatic carbocycles. The highest BCUT2D eigenvalue weighted by Crippen LogP contribution is 2.35. The molecule has 3 aromatic carbocycles. The second kappa shape index (κ2) is 7.25. The van der Waals surface area contributed by atoms with E-state index in [9.17, 15) is 0 Å². The number of ether oxygens (including phenoxy) is 2. The first-order valence-corrected chi connectivity index (χ1v) is 8.80. The summed E-state index contributed by atoms with van der Waals surface area (Å²) in [7, 11) is 3.26. The summed E-state index contributed by atoms with van der Waals surface area (Å²) in [6.07, 6.45) is 1.58. The van der Waals surface area contributed by atoms with E-state index < -0.39 is 0 Å². The van der Waals surface area contributed by atoms with E-state index in [0.29, 0.717) is 16.5 Å². The van der Waals surface area contributed by atoms with Crippen LogP contribution in [-0.4, -0.2) is 24.2 Å². The molecule has 4 nitrogen and oxygen atoms in total. The van der Waals surface area contributed by atoms with Gasteiger partial charge in [-0.25, -0.2) is 9.97 Å². The number of halogens is 1. The van der Waals surface area contributed by atoms with Gasteiger partial charge < -0.3 is 9.47 Å². The first-order valence-electron chi connectivity index (χ1n) is 8.42. The van der Waals surface area contributed by atoms with Crippen molar-refractivity contribution in [3.8, 4) is 33.9 Å². The highest BCUT2D eigenvalue weighted by molar-refractivity contribution is 6.30. The fourth-order valence-corrected chi connectivity index (χ4v) is 3.31. The topological polar surface area (TPSA) is 44.2 Å². The van der Waals surface area contributed by atoms with Crippen LogP contribution in [-0.2, 0) is 0 Å². The van der Waals surface area contributed by atoms with E-state index in [-0.39, 0.29) is 0 Å². The third-order valence-electron chi connectivity index (χ3n) is 4.45. The third-order valence-corrected chi connectivity index (χ3v) is 4.69. The van der Waals surface area contributed by atoms with E-state index >= 15 is 0 Å². The van der Waals surface area contributed by atoms with Crippen LogP contribution < -0.4 is 9.47 Å². The molecule has 0 saturated heterocycles. The Hall–Kier alpha value is -3.11. The van der Waals surface area contributed by atoms with Gasteiger partial charge in [-0.1, -0.05) is 35.9 Å². The average molecular weight is 377 g/mol. The maximum Gasteiger partial charge on any atom is 0.161 e. The summed E-state index contributed by atoms with van der Waals surface area (Å²) in [5, 5.41) is 1.64. The van der Waals surface area contributed by atoms with Crippen molar-refractivity contribution in [2.75, 3.05) is 14.2 Å². The highest BCUT2D eigenvalue weighted by Gasteiger charge is 2.11. The second-order valence-corrected chi connectivity index (χ2v) is 6.47. The summed E-state index contributed by atoms with van der Waals surface area (Å²) in [5.74, 6) is 1.39. The molecule has 0 saturated carbocycles. The number of rotatable bonds is 4. The van der Waals surface area contributed by atoms with Gasteiger partial charge in [0.15, 0.2) is 11.5 Å². The molecule has 134 valence electrons. The fourth-order valence-electron chi connectivity index (χ4n) is 3.12. The van der Waals surface area contributed by atoms with E-state index in [0.717, 1.165) is 33.3 Å². The van der Waals surface area contributed by atoms with Crippen molar-refractivity contribution in [1.82, 2.24) is 9.97 Å². The van der Waals surface area contributed by atoms with Crippen LogP contribution in [0.1, 0.15) is 0 Å². The summed E-state index contributed by atoms with van der Waals surface area (Å²) in [5.41, 5.74) is 4.75. The Balaban J connectivity index is 1.88. The Morgan fingerprint density at radius 3 is 2.30 bits per heavy atom. The van der Waals surface area contributed by atoms with Gasteiger partial charge in [-0.2, -0.15) is 0 Å². The van der Waals surface area contributed by atoms with Crippen LogP contribution >= 0.6 is 11.6 Å². The zero-order valence-corrected chi connectivity index (χ0v) is 15.7. The van der Waals surface area contributed by atoms with E-state index in [1.54, 1.807) is 20.5 Å². The molecule has 0 spiro atoms. The molecule has 5 heteroatoms. The number of benzene rings is 3. The Morgan fingerprint density at radius 2 is 1.52 bits per heavy atom. The number of hydrogen-bond acceptors (Lipinski definition) is 4. The van der Waals surface area contributed by atoms with Crippen LogP contribution in [0.25, 0.3) is 33.3 Å². The summed E-state index contributed by atoms with van der Waals surface area (Å²) < 4.78 is 10.8. The Morgan fingerprint density at radius 1 is 0.741 bits per heavy atom. The molecular weight excluding hydrogens is 360 g/mol. The molecule has 27 heavy (non-hydrogen) atoms. The quantitative estimate of drug-likeness (QED) is 0.462. The monoisotopic (exact) mass is 376 g/mol. The van der Waals surface area contributed by atoms with Crippen molar-refractivity contribution in [2.24, 2.45) is 0 Å². The first kappa shape index (κ1) is 17.3. The first-order chi connectivity index (χ1) is 13.2. The molecule has 4 aromatic rings. The average Bonchev–Trinajstić information content (AvgIpc) is 2.72. The summed E-state index contributed by atoms with van der Waals surface area (Å²) in [4.78, 5) is 8.90. The Labute approximate surface area is 162 Å². The van der Waals surface area contributed by atoms with Crippen molar-refractivity contribution >= 4 is 22.5 Å². The van der Waals surface area contributed by atoms with Crippen LogP contribution in [0.2, 0.25) is 5.02 Å². The van der Waals surface area contributed by atoms with Gasteiger partial charge in [0.2, 0.25) is 0 Å². The predicted molar refractivity (Wildman–Crippen MR) is 109 cm³/mol. The minimum absolute atomic E-state index is 0.676. The van der Waals surface area contributed by atoms with Crippen molar-refractivity contribution in [3.05, 3.63) is 72.0 Å². The van der Waals surface area contributed by atoms with Gasteiger partial charge in [0.05, 0.1) is 25.4 Å². The second-order valence-electron chi connectivity index (χ2n) is 6.03. The number of nitrogens with zero attached hydrogens (tertiary/aromatic N) is 2. The molecule has 0 atom stereocenters. The van der Waals surface area contributed by atoms with Crippen LogP contribution in [0.5, 0.6) is 11.5 Å². The minimum atomic E-state index is 0.676. The zero-order chi connectivity index (χ0) is 18.8. The van der Waals surface area contributed by atoms with Gasteiger partial charge in [-0.15, -0.1) is 0 Å². The van der Waals surface area contributed by atoms with Crippen LogP contribution in [0, 0.1) is 0 Å². The van der Waals surface area contributed by atoms with Gasteiger partial charge in [-0.05, 0) is 47.5 Å². The molecule has 1 heterocycles. The van der Waals surface area contributed by atoms with Crippen molar-refractivity contribution in [3.63, 3.8) is 0 Å². The van der Waals surface area contributed by atoms with E-state index in [4.69, 9.17) is 21.1 Å². The molecule has 1 aromatic heterocycles. The SMILES string of the molecule is COc1ccc(-c2ccc3ncnc(-c4cccc(Cl)c4)c3c2)cc1OC. The smallest absolute Gasteiger partial charge is 0.161 e. The van der Waals surface area contributed by atoms with Crippen molar-refractivity contribution in [1.29, 1.82) is 0 Å². The van der Waals surface area contributed by atoms with Gasteiger partial charge in [0, 0.05) is 16.0 Å². The Bertz CT molecular complexity index is 1130. The summed E-state index contributed by atoms with van der Waals surface area (Å²) >= 11 is 6.17. The molecule has 0 amide bonds. The fraction of sp³-hybridized carbons (Fsp3) is 0.0909. The van der Waals surface area contributed by atoms with Crippen molar-refractivity contribution < 1.29 is 9.47 Å². The Kier molecular flexibility index (Phi) is 4.65. The molecule has 0 unspecified atom stereocenters. The summed E-state index contributed by atoms with van der Waals surface area (Å²) in [6.45, 7) is 0. The largest absolute Gasteiger partial charge is 0.493 e. The lowest BCUT2D eigenvalue weighted by Gasteiger charge is -2.11. The van der Waals surface area contributed by atoms with E-state index in [1.165, 1.54) is 0 Å². The van der Waals surface area contributed by atoms with Crippen LogP contribution in [0.4, 0.5) is 0 Å². The lowest BCUT2D eigenvalue weighted by Crippen LogP contribution is -1.92. The normalized spacial score (nSPS) is 10.8. The predicted octanol–water partition coefficient (Wildman–Crippen LogP) is 5.63. The zero-order valence-electron chi connectivity index (χ0n) is 14.9. The molecule has 4 rings (SSSR count). The molecule has 0 bridgehead atoms. The van der Waals surface area contributed by atoms with E-state index in [2.05, 4.69) is 16.0 Å². The van der Waals surface area contributed by atoms with Crippen LogP contribution in [0.3, 0.4) is 0 Å². The molecule has 0 radical (unpaired) electrons. The maximum absolute atomic E-state index is 6.17. The summed E-state index contributed by atoms with van der Waals surface area (Å²) in [6, 6.07) is 19.7. The number of fused-ring (bicyclic) bond motifs is 1. The minimum Gasteiger partial charge on any atom is -0.493 e. The molecule has 0 N–H and O–H groups in total. The van der Waals surface area contributed by atoms with Gasteiger partial charge >= 0.3 is 0 Å². The number of hydrogen-bond donors (Lipinski definition) is 0. The van der Waals surface area contributed by atoms with Crippen LogP contribution in [0.15, 0.2) is 67.0 Å². The number of aromatic nitrogens is 2. The standard InChI is InChI=1S/C22H17ClN2O2/c1-26-20-9-7-15(12-21(20)27-2)14-6-8-19-18(11-14)22(25-13-24-19)16-4-3-5-17(23)10-16/h3-13H,1-2H3. The lowest BCUT2D eigenvalue weighted by atomic mass is 10.00. The molecule has 0 fully saturated rings. The number of methoxy groups -OCH3 is 2. The molecular formula is C22H17ClN2O2.